The third-order valence-corrected chi connectivity index (χ3v) is 2.32. The van der Waals surface area contributed by atoms with E-state index in [9.17, 15) is 12.9 Å². The van der Waals surface area contributed by atoms with Gasteiger partial charge in [0, 0.05) is 12.2 Å². The average molecular weight is 217 g/mol. The maximum absolute atomic E-state index is 12.3. The van der Waals surface area contributed by atoms with Crippen molar-refractivity contribution in [2.45, 2.75) is 19.8 Å². The molecule has 15 heavy (non-hydrogen) atoms. The first-order valence-electron chi connectivity index (χ1n) is 4.62. The van der Waals surface area contributed by atoms with Crippen molar-refractivity contribution in [3.8, 4) is 0 Å². The molecule has 0 bridgehead atoms. The first kappa shape index (κ1) is 11.9. The number of hydrogen-bond donors (Lipinski definition) is 2. The molecule has 0 saturated carbocycles. The van der Waals surface area contributed by atoms with Crippen LogP contribution >= 0.6 is 0 Å². The van der Waals surface area contributed by atoms with Gasteiger partial charge in [0.05, 0.1) is 0 Å². The standard InChI is InChI=1S/C9H13BF3N2/c1-6-7(4-10(11,12)13)2-9(15)3-8(6)5-14/h2-3H,4-5,14-15H2,1H3/q-1. The number of anilines is 1. The van der Waals surface area contributed by atoms with Crippen LogP contribution in [0.5, 0.6) is 0 Å². The Hall–Kier alpha value is -1.17. The van der Waals surface area contributed by atoms with Gasteiger partial charge < -0.3 is 24.4 Å². The molecule has 0 aliphatic rings. The van der Waals surface area contributed by atoms with Crippen molar-refractivity contribution >= 4 is 12.7 Å². The molecule has 1 aromatic rings. The van der Waals surface area contributed by atoms with Crippen LogP contribution in [0.4, 0.5) is 18.6 Å². The van der Waals surface area contributed by atoms with Crippen LogP contribution in [-0.4, -0.2) is 6.98 Å². The minimum atomic E-state index is -4.83. The van der Waals surface area contributed by atoms with E-state index in [1.807, 2.05) is 0 Å². The Morgan fingerprint density at radius 1 is 1.20 bits per heavy atom. The molecule has 4 N–H and O–H groups in total. The Bertz CT molecular complexity index is 363. The van der Waals surface area contributed by atoms with Gasteiger partial charge >= 0.3 is 6.98 Å². The fourth-order valence-electron chi connectivity index (χ4n) is 1.54. The van der Waals surface area contributed by atoms with Crippen LogP contribution < -0.4 is 11.5 Å². The molecule has 0 heterocycles. The molecule has 0 aromatic heterocycles. The van der Waals surface area contributed by atoms with Gasteiger partial charge in [-0.3, -0.25) is 0 Å². The Morgan fingerprint density at radius 3 is 2.20 bits per heavy atom. The molecule has 1 rings (SSSR count). The van der Waals surface area contributed by atoms with Crippen molar-refractivity contribution < 1.29 is 12.9 Å². The zero-order valence-corrected chi connectivity index (χ0v) is 8.43. The second-order valence-corrected chi connectivity index (χ2v) is 3.58. The summed E-state index contributed by atoms with van der Waals surface area (Å²) in [5, 5.41) is 0. The van der Waals surface area contributed by atoms with Gasteiger partial charge in [0.25, 0.3) is 0 Å². The lowest BCUT2D eigenvalue weighted by atomic mass is 9.79. The maximum atomic E-state index is 12.3. The summed E-state index contributed by atoms with van der Waals surface area (Å²) < 4.78 is 36.8. The van der Waals surface area contributed by atoms with E-state index in [1.165, 1.54) is 6.07 Å². The minimum absolute atomic E-state index is 0.203. The molecule has 1 aromatic carbocycles. The highest BCUT2D eigenvalue weighted by Gasteiger charge is 2.24. The van der Waals surface area contributed by atoms with E-state index in [1.54, 1.807) is 13.0 Å². The fourth-order valence-corrected chi connectivity index (χ4v) is 1.54. The summed E-state index contributed by atoms with van der Waals surface area (Å²) in [6, 6.07) is 2.98. The Balaban J connectivity index is 3.12. The Kier molecular flexibility index (Phi) is 3.29. The highest BCUT2D eigenvalue weighted by atomic mass is 19.4. The molecule has 0 aliphatic heterocycles. The van der Waals surface area contributed by atoms with Gasteiger partial charge in [0.1, 0.15) is 0 Å². The lowest BCUT2D eigenvalue weighted by Gasteiger charge is -2.18. The first-order chi connectivity index (χ1) is 6.83. The van der Waals surface area contributed by atoms with Crippen LogP contribution in [0.3, 0.4) is 0 Å². The van der Waals surface area contributed by atoms with E-state index in [0.717, 1.165) is 0 Å². The summed E-state index contributed by atoms with van der Waals surface area (Å²) >= 11 is 0. The van der Waals surface area contributed by atoms with Gasteiger partial charge in [-0.25, -0.2) is 0 Å². The largest absolute Gasteiger partial charge is 0.482 e. The zero-order chi connectivity index (χ0) is 11.6. The third-order valence-electron chi connectivity index (χ3n) is 2.32. The summed E-state index contributed by atoms with van der Waals surface area (Å²) in [6.45, 7) is -2.99. The van der Waals surface area contributed by atoms with Crippen LogP contribution in [0, 0.1) is 6.92 Å². The Morgan fingerprint density at radius 2 is 1.73 bits per heavy atom. The number of hydrogen-bond acceptors (Lipinski definition) is 2. The molecule has 0 aliphatic carbocycles. The van der Waals surface area contributed by atoms with E-state index in [-0.39, 0.29) is 12.1 Å². The summed E-state index contributed by atoms with van der Waals surface area (Å²) in [6.07, 6.45) is -0.899. The quantitative estimate of drug-likeness (QED) is 0.600. The van der Waals surface area contributed by atoms with E-state index < -0.39 is 13.3 Å². The number of nitrogen functional groups attached to an aromatic ring is 1. The van der Waals surface area contributed by atoms with Crippen LogP contribution in [0.25, 0.3) is 0 Å². The predicted molar refractivity (Wildman–Crippen MR) is 56.3 cm³/mol. The van der Waals surface area contributed by atoms with Crippen LogP contribution in [-0.2, 0) is 12.9 Å². The van der Waals surface area contributed by atoms with Crippen molar-refractivity contribution in [1.82, 2.24) is 0 Å². The van der Waals surface area contributed by atoms with Gasteiger partial charge in [-0.1, -0.05) is 11.9 Å². The van der Waals surface area contributed by atoms with Crippen molar-refractivity contribution in [2.24, 2.45) is 5.73 Å². The molecule has 0 radical (unpaired) electrons. The predicted octanol–water partition coefficient (Wildman–Crippen LogP) is 1.97. The highest BCUT2D eigenvalue weighted by Crippen LogP contribution is 2.23. The lowest BCUT2D eigenvalue weighted by Crippen LogP contribution is -2.20. The number of benzene rings is 1. The number of halogens is 3. The number of rotatable bonds is 3. The second kappa shape index (κ2) is 4.14. The molecule has 0 unspecified atom stereocenters. The van der Waals surface area contributed by atoms with Crippen molar-refractivity contribution in [1.29, 1.82) is 0 Å². The van der Waals surface area contributed by atoms with E-state index in [0.29, 0.717) is 16.8 Å². The molecule has 6 heteroatoms. The molecule has 0 atom stereocenters. The van der Waals surface area contributed by atoms with Gasteiger partial charge in [0.2, 0.25) is 0 Å². The third kappa shape index (κ3) is 3.16. The molecule has 2 nitrogen and oxygen atoms in total. The van der Waals surface area contributed by atoms with Crippen molar-refractivity contribution in [3.63, 3.8) is 0 Å². The van der Waals surface area contributed by atoms with E-state index >= 15 is 0 Å². The highest BCUT2D eigenvalue weighted by molar-refractivity contribution is 6.57. The molecule has 0 amide bonds. The maximum Gasteiger partial charge on any atom is 0.482 e. The normalized spacial score (nSPS) is 11.8. The Labute approximate surface area is 86.5 Å². The monoisotopic (exact) mass is 217 g/mol. The van der Waals surface area contributed by atoms with E-state index in [4.69, 9.17) is 11.5 Å². The fraction of sp³-hybridized carbons (Fsp3) is 0.333. The first-order valence-corrected chi connectivity index (χ1v) is 4.62. The lowest BCUT2D eigenvalue weighted by molar-refractivity contribution is 0.468. The minimum Gasteiger partial charge on any atom is -0.449 e. The van der Waals surface area contributed by atoms with Gasteiger partial charge in [-0.2, -0.15) is 0 Å². The van der Waals surface area contributed by atoms with Gasteiger partial charge in [-0.15, -0.1) is 0 Å². The van der Waals surface area contributed by atoms with Gasteiger partial charge in [-0.05, 0) is 30.2 Å². The molecular formula is C9H13BF3N2-. The topological polar surface area (TPSA) is 52.0 Å². The SMILES string of the molecule is Cc1c(CN)cc(N)cc1C[B-](F)(F)F. The van der Waals surface area contributed by atoms with Gasteiger partial charge in [0.15, 0.2) is 0 Å². The smallest absolute Gasteiger partial charge is 0.449 e. The van der Waals surface area contributed by atoms with Crippen LogP contribution in [0.15, 0.2) is 12.1 Å². The summed E-state index contributed by atoms with van der Waals surface area (Å²) in [5.41, 5.74) is 12.7. The van der Waals surface area contributed by atoms with Crippen molar-refractivity contribution in [3.05, 3.63) is 28.8 Å². The summed E-state index contributed by atoms with van der Waals surface area (Å²) in [5.74, 6) is 0. The molecule has 0 spiro atoms. The summed E-state index contributed by atoms with van der Waals surface area (Å²) in [4.78, 5) is 0. The summed E-state index contributed by atoms with van der Waals surface area (Å²) in [7, 11) is 0. The second-order valence-electron chi connectivity index (χ2n) is 3.58. The van der Waals surface area contributed by atoms with Crippen molar-refractivity contribution in [2.75, 3.05) is 5.73 Å². The molecule has 0 saturated heterocycles. The van der Waals surface area contributed by atoms with Crippen LogP contribution in [0.1, 0.15) is 16.7 Å². The molecular weight excluding hydrogens is 204 g/mol. The van der Waals surface area contributed by atoms with Crippen LogP contribution in [0.2, 0.25) is 0 Å². The average Bonchev–Trinajstić information content (AvgIpc) is 2.08. The number of nitrogens with two attached hydrogens (primary N) is 2. The zero-order valence-electron chi connectivity index (χ0n) is 8.43. The molecule has 84 valence electrons. The molecule has 0 fully saturated rings. The van der Waals surface area contributed by atoms with E-state index in [2.05, 4.69) is 0 Å².